The first-order valence-electron chi connectivity index (χ1n) is 9.97. The lowest BCUT2D eigenvalue weighted by Gasteiger charge is -2.40. The predicted molar refractivity (Wildman–Crippen MR) is 108 cm³/mol. The number of benzene rings is 1. The number of carbonyl (C=O) groups is 1. The molecule has 2 aliphatic rings. The summed E-state index contributed by atoms with van der Waals surface area (Å²) in [6, 6.07) is 7.81. The smallest absolute Gasteiger partial charge is 0.319 e. The molecular formula is C20H31ClN4O. The van der Waals surface area contributed by atoms with Gasteiger partial charge in [0.1, 0.15) is 0 Å². The third-order valence-corrected chi connectivity index (χ3v) is 5.79. The average molecular weight is 379 g/mol. The number of halogens is 1. The fourth-order valence-electron chi connectivity index (χ4n) is 4.01. The van der Waals surface area contributed by atoms with Crippen LogP contribution in [0.2, 0.25) is 5.02 Å². The zero-order valence-electron chi connectivity index (χ0n) is 15.6. The van der Waals surface area contributed by atoms with Gasteiger partial charge in [0.25, 0.3) is 0 Å². The van der Waals surface area contributed by atoms with Crippen LogP contribution in [0, 0.1) is 0 Å². The van der Waals surface area contributed by atoms with E-state index in [0.29, 0.717) is 11.6 Å². The molecule has 0 aromatic heterocycles. The minimum absolute atomic E-state index is 0.158. The Bertz CT molecular complexity index is 551. The Labute approximate surface area is 162 Å². The second-order valence-electron chi connectivity index (χ2n) is 7.41. The van der Waals surface area contributed by atoms with Crippen molar-refractivity contribution in [3.8, 4) is 0 Å². The van der Waals surface area contributed by atoms with Gasteiger partial charge in [0.05, 0.1) is 0 Å². The number of rotatable bonds is 6. The van der Waals surface area contributed by atoms with Gasteiger partial charge in [0, 0.05) is 49.5 Å². The molecule has 26 heavy (non-hydrogen) atoms. The highest BCUT2D eigenvalue weighted by atomic mass is 35.5. The van der Waals surface area contributed by atoms with E-state index in [1.54, 1.807) is 24.3 Å². The quantitative estimate of drug-likeness (QED) is 0.740. The average Bonchev–Trinajstić information content (AvgIpc) is 2.68. The summed E-state index contributed by atoms with van der Waals surface area (Å²) in [5.74, 6) is 0. The fourth-order valence-corrected chi connectivity index (χ4v) is 4.14. The van der Waals surface area contributed by atoms with Gasteiger partial charge >= 0.3 is 6.03 Å². The van der Waals surface area contributed by atoms with Crippen LogP contribution in [0.5, 0.6) is 0 Å². The molecule has 1 aliphatic carbocycles. The van der Waals surface area contributed by atoms with Gasteiger partial charge in [-0.05, 0) is 50.1 Å². The molecule has 0 bridgehead atoms. The molecule has 1 saturated carbocycles. The maximum absolute atomic E-state index is 11.9. The van der Waals surface area contributed by atoms with Crippen LogP contribution in [0.1, 0.15) is 38.5 Å². The Kier molecular flexibility index (Phi) is 7.59. The SMILES string of the molecule is O=C(NCCCN1CCN(C2CCCCC2)CC1)Nc1ccc(Cl)cc1. The first-order valence-corrected chi connectivity index (χ1v) is 10.4. The third kappa shape index (κ3) is 6.15. The molecule has 1 saturated heterocycles. The highest BCUT2D eigenvalue weighted by Crippen LogP contribution is 2.23. The summed E-state index contributed by atoms with van der Waals surface area (Å²) in [6.07, 6.45) is 8.02. The van der Waals surface area contributed by atoms with Crippen molar-refractivity contribution >= 4 is 23.3 Å². The number of hydrogen-bond acceptors (Lipinski definition) is 3. The van der Waals surface area contributed by atoms with Gasteiger partial charge in [-0.3, -0.25) is 4.90 Å². The highest BCUT2D eigenvalue weighted by molar-refractivity contribution is 6.30. The number of nitrogens with one attached hydrogen (secondary N) is 2. The van der Waals surface area contributed by atoms with Crippen LogP contribution in [0.25, 0.3) is 0 Å². The van der Waals surface area contributed by atoms with Crippen LogP contribution >= 0.6 is 11.6 Å². The Hall–Kier alpha value is -1.30. The molecular weight excluding hydrogens is 348 g/mol. The van der Waals surface area contributed by atoms with Crippen LogP contribution < -0.4 is 10.6 Å². The van der Waals surface area contributed by atoms with E-state index in [1.807, 2.05) is 0 Å². The van der Waals surface area contributed by atoms with E-state index in [2.05, 4.69) is 20.4 Å². The number of amides is 2. The third-order valence-electron chi connectivity index (χ3n) is 5.54. The topological polar surface area (TPSA) is 47.6 Å². The maximum atomic E-state index is 11.9. The zero-order chi connectivity index (χ0) is 18.2. The number of hydrogen-bond donors (Lipinski definition) is 2. The first kappa shape index (κ1) is 19.5. The Morgan fingerprint density at radius 2 is 1.73 bits per heavy atom. The summed E-state index contributed by atoms with van der Waals surface area (Å²) in [4.78, 5) is 17.1. The molecule has 0 radical (unpaired) electrons. The van der Waals surface area contributed by atoms with Crippen LogP contribution in [-0.4, -0.2) is 61.1 Å². The molecule has 2 fully saturated rings. The lowest BCUT2D eigenvalue weighted by Crippen LogP contribution is -2.51. The molecule has 6 heteroatoms. The molecule has 0 atom stereocenters. The van der Waals surface area contributed by atoms with E-state index in [4.69, 9.17) is 11.6 Å². The summed E-state index contributed by atoms with van der Waals surface area (Å²) < 4.78 is 0. The van der Waals surface area contributed by atoms with Crippen molar-refractivity contribution in [2.24, 2.45) is 0 Å². The lowest BCUT2D eigenvalue weighted by atomic mass is 9.94. The Morgan fingerprint density at radius 1 is 1.04 bits per heavy atom. The normalized spacial score (nSPS) is 20.0. The van der Waals surface area contributed by atoms with Crippen LogP contribution in [0.3, 0.4) is 0 Å². The molecule has 1 aliphatic heterocycles. The first-order chi connectivity index (χ1) is 12.7. The lowest BCUT2D eigenvalue weighted by molar-refractivity contribution is 0.0786. The minimum Gasteiger partial charge on any atom is -0.338 e. The molecule has 3 rings (SSSR count). The van der Waals surface area contributed by atoms with Crippen molar-refractivity contribution in [2.75, 3.05) is 44.6 Å². The van der Waals surface area contributed by atoms with Crippen molar-refractivity contribution in [1.82, 2.24) is 15.1 Å². The molecule has 2 amide bonds. The molecule has 144 valence electrons. The van der Waals surface area contributed by atoms with Crippen molar-refractivity contribution in [3.63, 3.8) is 0 Å². The van der Waals surface area contributed by atoms with Crippen molar-refractivity contribution in [3.05, 3.63) is 29.3 Å². The minimum atomic E-state index is -0.158. The second kappa shape index (κ2) is 10.1. The number of anilines is 1. The number of urea groups is 1. The highest BCUT2D eigenvalue weighted by Gasteiger charge is 2.24. The van der Waals surface area contributed by atoms with E-state index >= 15 is 0 Å². The van der Waals surface area contributed by atoms with Gasteiger partial charge in [0.2, 0.25) is 0 Å². The van der Waals surface area contributed by atoms with E-state index in [9.17, 15) is 4.79 Å². The molecule has 1 aromatic carbocycles. The van der Waals surface area contributed by atoms with Crippen LogP contribution in [-0.2, 0) is 0 Å². The predicted octanol–water partition coefficient (Wildman–Crippen LogP) is 3.80. The second-order valence-corrected chi connectivity index (χ2v) is 7.85. The van der Waals surface area contributed by atoms with Crippen molar-refractivity contribution < 1.29 is 4.79 Å². The zero-order valence-corrected chi connectivity index (χ0v) is 16.3. The Balaban J connectivity index is 1.26. The molecule has 0 spiro atoms. The van der Waals surface area contributed by atoms with Gasteiger partial charge in [-0.1, -0.05) is 30.9 Å². The number of carbonyl (C=O) groups excluding carboxylic acids is 1. The van der Waals surface area contributed by atoms with Gasteiger partial charge in [-0.15, -0.1) is 0 Å². The van der Waals surface area contributed by atoms with Gasteiger partial charge in [0.15, 0.2) is 0 Å². The summed E-state index contributed by atoms with van der Waals surface area (Å²) in [6.45, 7) is 6.48. The summed E-state index contributed by atoms with van der Waals surface area (Å²) in [5.41, 5.74) is 0.755. The molecule has 1 heterocycles. The standard InChI is InChI=1S/C20H31ClN4O/c21-17-7-9-18(10-8-17)23-20(26)22-11-4-12-24-13-15-25(16-14-24)19-5-2-1-3-6-19/h7-10,19H,1-6,11-16H2,(H2,22,23,26). The molecule has 2 N–H and O–H groups in total. The largest absolute Gasteiger partial charge is 0.338 e. The van der Waals surface area contributed by atoms with Gasteiger partial charge in [-0.2, -0.15) is 0 Å². The monoisotopic (exact) mass is 378 g/mol. The molecule has 5 nitrogen and oxygen atoms in total. The summed E-state index contributed by atoms with van der Waals surface area (Å²) >= 11 is 5.84. The maximum Gasteiger partial charge on any atom is 0.319 e. The fraction of sp³-hybridized carbons (Fsp3) is 0.650. The van der Waals surface area contributed by atoms with Crippen LogP contribution in [0.15, 0.2) is 24.3 Å². The van der Waals surface area contributed by atoms with E-state index in [0.717, 1.165) is 37.8 Å². The van der Waals surface area contributed by atoms with Gasteiger partial charge < -0.3 is 15.5 Å². The van der Waals surface area contributed by atoms with Gasteiger partial charge in [-0.25, -0.2) is 4.79 Å². The van der Waals surface area contributed by atoms with Crippen molar-refractivity contribution in [1.29, 1.82) is 0 Å². The van der Waals surface area contributed by atoms with Crippen molar-refractivity contribution in [2.45, 2.75) is 44.6 Å². The number of piperazine rings is 1. The molecule has 1 aromatic rings. The van der Waals surface area contributed by atoms with E-state index in [-0.39, 0.29) is 6.03 Å². The summed E-state index contributed by atoms with van der Waals surface area (Å²) in [7, 11) is 0. The molecule has 0 unspecified atom stereocenters. The van der Waals surface area contributed by atoms with E-state index < -0.39 is 0 Å². The number of nitrogens with zero attached hydrogens (tertiary/aromatic N) is 2. The van der Waals surface area contributed by atoms with E-state index in [1.165, 1.54) is 45.2 Å². The van der Waals surface area contributed by atoms with Crippen LogP contribution in [0.4, 0.5) is 10.5 Å². The Morgan fingerprint density at radius 3 is 2.42 bits per heavy atom. The summed E-state index contributed by atoms with van der Waals surface area (Å²) in [5, 5.41) is 6.41.